The molecule has 2 aliphatic carbocycles. The monoisotopic (exact) mass is 609 g/mol. The van der Waals surface area contributed by atoms with Crippen molar-refractivity contribution in [1.29, 1.82) is 0 Å². The van der Waals surface area contributed by atoms with E-state index in [1.54, 1.807) is 0 Å². The lowest BCUT2D eigenvalue weighted by Crippen LogP contribution is -2.15. The van der Waals surface area contributed by atoms with Gasteiger partial charge >= 0.3 is 0 Å². The molecule has 2 aliphatic heterocycles. The quantitative estimate of drug-likeness (QED) is 0.186. The van der Waals surface area contributed by atoms with E-state index in [-0.39, 0.29) is 5.41 Å². The van der Waals surface area contributed by atoms with Gasteiger partial charge in [-0.3, -0.25) is 4.57 Å². The average Bonchev–Trinajstić information content (AvgIpc) is 3.69. The number of ether oxygens (including phenoxy) is 1. The maximum Gasteiger partial charge on any atom is 0.235 e. The van der Waals surface area contributed by atoms with Crippen molar-refractivity contribution in [2.45, 2.75) is 35.3 Å². The fourth-order valence-electron chi connectivity index (χ4n) is 8.44. The summed E-state index contributed by atoms with van der Waals surface area (Å²) in [4.78, 5) is 12.0. The fourth-order valence-corrected chi connectivity index (χ4v) is 9.79. The molecular formula is C41H27N3OS. The molecule has 5 aromatic carbocycles. The number of hydrogen-bond donors (Lipinski definition) is 0. The van der Waals surface area contributed by atoms with Crippen molar-refractivity contribution in [1.82, 2.24) is 14.5 Å². The zero-order chi connectivity index (χ0) is 30.3. The first kappa shape index (κ1) is 25.1. The maximum absolute atomic E-state index is 6.29. The lowest BCUT2D eigenvalue weighted by Gasteiger charge is -2.23. The zero-order valence-electron chi connectivity index (χ0n) is 25.3. The summed E-state index contributed by atoms with van der Waals surface area (Å²) in [5.41, 5.74) is 12.0. The van der Waals surface area contributed by atoms with E-state index in [0.29, 0.717) is 17.1 Å². The van der Waals surface area contributed by atoms with Gasteiger partial charge in [-0.15, -0.1) is 11.8 Å². The SMILES string of the molecule is CC1(C)c2cc3c(cc2-c2c1ccc1c2C2C=CC=CC2S1)c1ccccc1n3-c1nc2c3c(cccc3n1)Oc1ccccc1-2. The van der Waals surface area contributed by atoms with Crippen LogP contribution in [0.2, 0.25) is 0 Å². The van der Waals surface area contributed by atoms with Crippen molar-refractivity contribution in [2.75, 3.05) is 0 Å². The van der Waals surface area contributed by atoms with Crippen LogP contribution in [-0.2, 0) is 5.41 Å². The second-order valence-electron chi connectivity index (χ2n) is 13.3. The van der Waals surface area contributed by atoms with E-state index in [9.17, 15) is 0 Å². The highest BCUT2D eigenvalue weighted by atomic mass is 32.2. The molecule has 7 aromatic rings. The largest absolute Gasteiger partial charge is 0.456 e. The summed E-state index contributed by atoms with van der Waals surface area (Å²) in [5, 5.41) is 3.86. The first-order valence-electron chi connectivity index (χ1n) is 15.9. The molecule has 0 N–H and O–H groups in total. The number of aromatic nitrogens is 3. The van der Waals surface area contributed by atoms with Crippen LogP contribution in [0.5, 0.6) is 11.5 Å². The van der Waals surface area contributed by atoms with Gasteiger partial charge in [0.25, 0.3) is 0 Å². The van der Waals surface area contributed by atoms with Crippen LogP contribution < -0.4 is 4.74 Å². The zero-order valence-corrected chi connectivity index (χ0v) is 26.1. The molecule has 218 valence electrons. The van der Waals surface area contributed by atoms with Crippen molar-refractivity contribution in [2.24, 2.45) is 0 Å². The van der Waals surface area contributed by atoms with Gasteiger partial charge in [-0.05, 0) is 76.3 Å². The summed E-state index contributed by atoms with van der Waals surface area (Å²) in [6, 6.07) is 32.6. The number of rotatable bonds is 1. The molecule has 2 unspecified atom stereocenters. The van der Waals surface area contributed by atoms with E-state index in [1.807, 2.05) is 42.1 Å². The smallest absolute Gasteiger partial charge is 0.235 e. The normalized spacial score (nSPS) is 19.2. The molecule has 0 saturated heterocycles. The van der Waals surface area contributed by atoms with Gasteiger partial charge in [-0.1, -0.05) is 80.6 Å². The van der Waals surface area contributed by atoms with Gasteiger partial charge in [0.1, 0.15) is 11.5 Å². The number of nitrogens with zero attached hydrogens (tertiary/aromatic N) is 3. The van der Waals surface area contributed by atoms with E-state index in [0.717, 1.165) is 44.7 Å². The third-order valence-electron chi connectivity index (χ3n) is 10.5. The van der Waals surface area contributed by atoms with Crippen molar-refractivity contribution < 1.29 is 4.74 Å². The Morgan fingerprint density at radius 3 is 2.54 bits per heavy atom. The number of hydrogen-bond acceptors (Lipinski definition) is 4. The molecule has 0 radical (unpaired) electrons. The Morgan fingerprint density at radius 2 is 1.59 bits per heavy atom. The molecule has 4 aliphatic rings. The molecule has 5 heteroatoms. The van der Waals surface area contributed by atoms with Gasteiger partial charge in [-0.2, -0.15) is 0 Å². The first-order chi connectivity index (χ1) is 22.6. The minimum absolute atomic E-state index is 0.145. The van der Waals surface area contributed by atoms with Crippen LogP contribution in [0.25, 0.3) is 61.0 Å². The predicted molar refractivity (Wildman–Crippen MR) is 188 cm³/mol. The predicted octanol–water partition coefficient (Wildman–Crippen LogP) is 10.5. The Bertz CT molecular complexity index is 2590. The average molecular weight is 610 g/mol. The van der Waals surface area contributed by atoms with Crippen LogP contribution in [0.3, 0.4) is 0 Å². The Hall–Kier alpha value is -5.13. The van der Waals surface area contributed by atoms with E-state index in [2.05, 4.69) is 103 Å². The molecule has 0 spiro atoms. The molecule has 2 atom stereocenters. The van der Waals surface area contributed by atoms with Crippen LogP contribution in [0, 0.1) is 0 Å². The maximum atomic E-state index is 6.29. The molecule has 4 heterocycles. The molecule has 0 fully saturated rings. The standard InChI is InChI=1S/C41H27N3OS/c1-41(2)27-18-19-35-37(24-12-5-8-17-34(24)46-35)36(27)26-20-25-22-10-3-6-14-30(22)44(31(25)21-28(26)41)40-42-29-13-9-16-33-38(29)39(43-40)23-11-4-7-15-32(23)45-33/h3-21,24,34H,1-2H3. The molecule has 0 saturated carbocycles. The Morgan fingerprint density at radius 1 is 0.739 bits per heavy atom. The van der Waals surface area contributed by atoms with E-state index in [4.69, 9.17) is 14.7 Å². The number of allylic oxidation sites excluding steroid dienone is 3. The van der Waals surface area contributed by atoms with Gasteiger partial charge < -0.3 is 4.74 Å². The molecule has 0 amide bonds. The third-order valence-corrected chi connectivity index (χ3v) is 11.9. The van der Waals surface area contributed by atoms with E-state index in [1.165, 1.54) is 43.5 Å². The summed E-state index contributed by atoms with van der Waals surface area (Å²) in [7, 11) is 0. The summed E-state index contributed by atoms with van der Waals surface area (Å²) >= 11 is 2.01. The second kappa shape index (κ2) is 8.56. The topological polar surface area (TPSA) is 39.9 Å². The summed E-state index contributed by atoms with van der Waals surface area (Å²) in [6.45, 7) is 4.77. The van der Waals surface area contributed by atoms with E-state index >= 15 is 0 Å². The van der Waals surface area contributed by atoms with Crippen LogP contribution in [0.1, 0.15) is 36.5 Å². The van der Waals surface area contributed by atoms with Crippen molar-refractivity contribution in [3.05, 3.63) is 132 Å². The highest BCUT2D eigenvalue weighted by Gasteiger charge is 2.43. The third kappa shape index (κ3) is 3.06. The molecule has 46 heavy (non-hydrogen) atoms. The fraction of sp³-hybridized carbons (Fsp3) is 0.122. The molecule has 11 rings (SSSR count). The number of thioether (sulfide) groups is 1. The van der Waals surface area contributed by atoms with Crippen LogP contribution in [-0.4, -0.2) is 19.8 Å². The first-order valence-corrected chi connectivity index (χ1v) is 16.8. The van der Waals surface area contributed by atoms with Crippen LogP contribution in [0.15, 0.2) is 120 Å². The summed E-state index contributed by atoms with van der Waals surface area (Å²) < 4.78 is 8.57. The Labute approximate surface area is 270 Å². The highest BCUT2D eigenvalue weighted by Crippen LogP contribution is 2.59. The highest BCUT2D eigenvalue weighted by molar-refractivity contribution is 8.00. The van der Waals surface area contributed by atoms with Gasteiger partial charge in [0.15, 0.2) is 0 Å². The van der Waals surface area contributed by atoms with E-state index < -0.39 is 0 Å². The molecule has 2 aromatic heterocycles. The van der Waals surface area contributed by atoms with Gasteiger partial charge in [0, 0.05) is 37.8 Å². The number of benzene rings is 5. The van der Waals surface area contributed by atoms with Crippen molar-refractivity contribution >= 4 is 44.5 Å². The summed E-state index contributed by atoms with van der Waals surface area (Å²) in [6.07, 6.45) is 9.19. The number of para-hydroxylation sites is 2. The molecular weight excluding hydrogens is 583 g/mol. The molecule has 0 bridgehead atoms. The molecule has 4 nitrogen and oxygen atoms in total. The van der Waals surface area contributed by atoms with Gasteiger partial charge in [-0.25, -0.2) is 9.97 Å². The van der Waals surface area contributed by atoms with Crippen molar-refractivity contribution in [3.63, 3.8) is 0 Å². The van der Waals surface area contributed by atoms with Gasteiger partial charge in [0.2, 0.25) is 5.95 Å². The minimum atomic E-state index is -0.145. The lowest BCUT2D eigenvalue weighted by atomic mass is 9.81. The minimum Gasteiger partial charge on any atom is -0.456 e. The van der Waals surface area contributed by atoms with Crippen LogP contribution in [0.4, 0.5) is 0 Å². The van der Waals surface area contributed by atoms with Gasteiger partial charge in [0.05, 0.1) is 27.6 Å². The Kier molecular flexibility index (Phi) is 4.67. The van der Waals surface area contributed by atoms with Crippen LogP contribution >= 0.6 is 11.8 Å². The second-order valence-corrected chi connectivity index (χ2v) is 14.5. The lowest BCUT2D eigenvalue weighted by molar-refractivity contribution is 0.486. The van der Waals surface area contributed by atoms with Crippen molar-refractivity contribution in [3.8, 4) is 39.8 Å². The number of fused-ring (bicyclic) bond motifs is 12. The Balaban J connectivity index is 1.22. The summed E-state index contributed by atoms with van der Waals surface area (Å²) in [5.74, 6) is 2.70.